The Labute approximate surface area is 133 Å². The fraction of sp³-hybridized carbons (Fsp3) is 0.389. The molecule has 3 heteroatoms. The summed E-state index contributed by atoms with van der Waals surface area (Å²) in [5.74, 6) is 0. The van der Waals surface area contributed by atoms with Crippen LogP contribution in [0.5, 0.6) is 0 Å². The summed E-state index contributed by atoms with van der Waals surface area (Å²) in [7, 11) is -1.08. The predicted octanol–water partition coefficient (Wildman–Crippen LogP) is 6.27. The van der Waals surface area contributed by atoms with Gasteiger partial charge in [0.2, 0.25) is 4.78 Å². The van der Waals surface area contributed by atoms with Crippen molar-refractivity contribution in [2.75, 3.05) is 24.7 Å². The molecule has 21 heavy (non-hydrogen) atoms. The second-order valence-electron chi connectivity index (χ2n) is 5.19. The highest BCUT2D eigenvalue weighted by molar-refractivity contribution is 8.29. The van der Waals surface area contributed by atoms with E-state index in [-0.39, 0.29) is 0 Å². The molecular formula is C18H25NPS+. The standard InChI is InChI=1S/C18H25NPS/c1-5-20(6-2,7-3)18(21-4)19-17-14-10-12-15-11-8-9-13-16(15)17/h8-14H,5-7H2,1-4H3/q+1. The van der Waals surface area contributed by atoms with Crippen molar-refractivity contribution in [3.8, 4) is 0 Å². The van der Waals surface area contributed by atoms with Crippen LogP contribution in [0.4, 0.5) is 5.69 Å². The highest BCUT2D eigenvalue weighted by atomic mass is 32.2. The first-order valence-electron chi connectivity index (χ1n) is 7.67. The Morgan fingerprint density at radius 1 is 0.952 bits per heavy atom. The van der Waals surface area contributed by atoms with Crippen LogP contribution in [0.3, 0.4) is 0 Å². The number of aliphatic imine (C=N–C) groups is 1. The molecule has 2 aromatic carbocycles. The largest absolute Gasteiger partial charge is 0.216 e. The number of nitrogens with zero attached hydrogens (tertiary/aromatic N) is 1. The van der Waals surface area contributed by atoms with Gasteiger partial charge in [-0.05, 0) is 38.5 Å². The third-order valence-electron chi connectivity index (χ3n) is 4.39. The molecule has 0 heterocycles. The molecular weight excluding hydrogens is 293 g/mol. The Balaban J connectivity index is 2.57. The molecule has 2 rings (SSSR count). The molecule has 0 N–H and O–H groups in total. The minimum Gasteiger partial charge on any atom is -0.208 e. The van der Waals surface area contributed by atoms with Gasteiger partial charge in [0.25, 0.3) is 0 Å². The average Bonchev–Trinajstić information content (AvgIpc) is 2.56. The van der Waals surface area contributed by atoms with Crippen LogP contribution in [0.2, 0.25) is 0 Å². The van der Waals surface area contributed by atoms with E-state index in [1.807, 2.05) is 11.8 Å². The van der Waals surface area contributed by atoms with Gasteiger partial charge in [-0.1, -0.05) is 48.2 Å². The van der Waals surface area contributed by atoms with Gasteiger partial charge in [-0.2, -0.15) is 0 Å². The van der Waals surface area contributed by atoms with Crippen molar-refractivity contribution >= 4 is 40.3 Å². The zero-order chi connectivity index (χ0) is 15.3. The van der Waals surface area contributed by atoms with Crippen molar-refractivity contribution in [1.82, 2.24) is 0 Å². The van der Waals surface area contributed by atoms with E-state index < -0.39 is 7.26 Å². The molecule has 0 aliphatic carbocycles. The third-order valence-corrected chi connectivity index (χ3v) is 11.1. The number of fused-ring (bicyclic) bond motifs is 1. The number of rotatable bonds is 5. The zero-order valence-corrected chi connectivity index (χ0v) is 15.2. The van der Waals surface area contributed by atoms with Crippen molar-refractivity contribution in [3.05, 3.63) is 42.5 Å². The van der Waals surface area contributed by atoms with Crippen molar-refractivity contribution < 1.29 is 0 Å². The van der Waals surface area contributed by atoms with Crippen LogP contribution < -0.4 is 0 Å². The fourth-order valence-electron chi connectivity index (χ4n) is 2.83. The Morgan fingerprint density at radius 3 is 2.19 bits per heavy atom. The quantitative estimate of drug-likeness (QED) is 0.359. The van der Waals surface area contributed by atoms with Crippen LogP contribution in [0.25, 0.3) is 10.8 Å². The fourth-order valence-corrected chi connectivity index (χ4v) is 8.20. The Bertz CT molecular complexity index is 618. The smallest absolute Gasteiger partial charge is 0.208 e. The zero-order valence-electron chi connectivity index (χ0n) is 13.5. The number of hydrogen-bond acceptors (Lipinski definition) is 2. The molecule has 0 radical (unpaired) electrons. The van der Waals surface area contributed by atoms with Crippen LogP contribution in [0.1, 0.15) is 20.8 Å². The van der Waals surface area contributed by atoms with Crippen molar-refractivity contribution in [2.45, 2.75) is 20.8 Å². The Hall–Kier alpha value is -0.850. The number of hydrogen-bond donors (Lipinski definition) is 0. The van der Waals surface area contributed by atoms with Gasteiger partial charge in [-0.3, -0.25) is 0 Å². The summed E-state index contributed by atoms with van der Waals surface area (Å²) in [5.41, 5.74) is 1.12. The maximum atomic E-state index is 5.12. The van der Waals surface area contributed by atoms with Gasteiger partial charge in [-0.15, -0.1) is 0 Å². The van der Waals surface area contributed by atoms with Crippen LogP contribution in [-0.2, 0) is 0 Å². The van der Waals surface area contributed by atoms with Gasteiger partial charge in [0, 0.05) is 5.39 Å². The molecule has 0 saturated carbocycles. The van der Waals surface area contributed by atoms with Gasteiger partial charge in [0.1, 0.15) is 0 Å². The van der Waals surface area contributed by atoms with E-state index in [1.165, 1.54) is 34.0 Å². The van der Waals surface area contributed by atoms with Gasteiger partial charge < -0.3 is 0 Å². The minimum absolute atomic E-state index is 1.08. The van der Waals surface area contributed by atoms with E-state index in [0.29, 0.717) is 0 Å². The lowest BCUT2D eigenvalue weighted by atomic mass is 10.1. The van der Waals surface area contributed by atoms with Gasteiger partial charge in [0.15, 0.2) is 0 Å². The molecule has 0 atom stereocenters. The van der Waals surface area contributed by atoms with E-state index in [9.17, 15) is 0 Å². The summed E-state index contributed by atoms with van der Waals surface area (Å²) in [6.45, 7) is 6.99. The van der Waals surface area contributed by atoms with Gasteiger partial charge >= 0.3 is 0 Å². The first-order chi connectivity index (χ1) is 10.2. The van der Waals surface area contributed by atoms with Crippen LogP contribution in [0.15, 0.2) is 47.5 Å². The van der Waals surface area contributed by atoms with E-state index in [2.05, 4.69) is 69.5 Å². The SMILES string of the molecule is CC[P+](CC)(CC)C(=Nc1cccc2ccccc12)SC. The topological polar surface area (TPSA) is 12.4 Å². The lowest BCUT2D eigenvalue weighted by molar-refractivity contribution is 1.33. The molecule has 0 aliphatic heterocycles. The second-order valence-corrected chi connectivity index (χ2v) is 10.9. The molecule has 1 nitrogen and oxygen atoms in total. The van der Waals surface area contributed by atoms with E-state index in [0.717, 1.165) is 5.69 Å². The minimum atomic E-state index is -1.08. The van der Waals surface area contributed by atoms with E-state index in [1.54, 1.807) is 0 Å². The molecule has 0 unspecified atom stereocenters. The van der Waals surface area contributed by atoms with E-state index >= 15 is 0 Å². The number of benzene rings is 2. The monoisotopic (exact) mass is 318 g/mol. The molecule has 0 amide bonds. The summed E-state index contributed by atoms with van der Waals surface area (Å²) in [6, 6.07) is 15.0. The van der Waals surface area contributed by atoms with E-state index in [4.69, 9.17) is 4.99 Å². The summed E-state index contributed by atoms with van der Waals surface area (Å²) in [5, 5.41) is 2.53. The van der Waals surface area contributed by atoms with Crippen LogP contribution in [0, 0.1) is 0 Å². The molecule has 2 aromatic rings. The molecule has 0 aliphatic rings. The molecule has 0 aromatic heterocycles. The summed E-state index contributed by atoms with van der Waals surface area (Å²) >= 11 is 1.85. The first kappa shape index (κ1) is 16.5. The molecule has 0 fully saturated rings. The maximum absolute atomic E-state index is 5.12. The highest BCUT2D eigenvalue weighted by Crippen LogP contribution is 2.62. The molecule has 112 valence electrons. The average molecular weight is 318 g/mol. The molecule has 0 spiro atoms. The van der Waals surface area contributed by atoms with Crippen molar-refractivity contribution in [1.29, 1.82) is 0 Å². The maximum Gasteiger partial charge on any atom is 0.216 e. The second kappa shape index (κ2) is 7.42. The number of thioether (sulfide) groups is 1. The molecule has 0 saturated heterocycles. The lowest BCUT2D eigenvalue weighted by Crippen LogP contribution is -2.11. The first-order valence-corrected chi connectivity index (χ1v) is 11.2. The summed E-state index contributed by atoms with van der Waals surface area (Å²) in [6.07, 6.45) is 5.94. The summed E-state index contributed by atoms with van der Waals surface area (Å²) < 4.78 is 0. The Morgan fingerprint density at radius 2 is 1.57 bits per heavy atom. The highest BCUT2D eigenvalue weighted by Gasteiger charge is 2.38. The predicted molar refractivity (Wildman–Crippen MR) is 103 cm³/mol. The van der Waals surface area contributed by atoms with Gasteiger partial charge in [0.05, 0.1) is 31.4 Å². The van der Waals surface area contributed by atoms with Gasteiger partial charge in [-0.25, -0.2) is 4.99 Å². The Kier molecular flexibility index (Phi) is 5.84. The lowest BCUT2D eigenvalue weighted by Gasteiger charge is -2.23. The normalized spacial score (nSPS) is 12.9. The molecule has 0 bridgehead atoms. The van der Waals surface area contributed by atoms with Crippen molar-refractivity contribution in [3.63, 3.8) is 0 Å². The van der Waals surface area contributed by atoms with Crippen molar-refractivity contribution in [2.24, 2.45) is 4.99 Å². The summed E-state index contributed by atoms with van der Waals surface area (Å²) in [4.78, 5) is 6.50. The van der Waals surface area contributed by atoms with Crippen LogP contribution >= 0.6 is 19.0 Å². The van der Waals surface area contributed by atoms with Crippen LogP contribution in [-0.4, -0.2) is 29.5 Å². The third kappa shape index (κ3) is 3.33.